The number of anilines is 1. The molecule has 0 saturated carbocycles. The Balaban J connectivity index is 0.000000302. The fourth-order valence-electron chi connectivity index (χ4n) is 8.06. The number of nitro benzene ring substituents is 1. The Bertz CT molecular complexity index is 5440. The number of H-pyrrole nitrogens is 1. The van der Waals surface area contributed by atoms with E-state index in [4.69, 9.17) is 20.8 Å². The molecule has 1 heterocycles. The molecule has 0 saturated heterocycles. The Hall–Kier alpha value is -9.34. The second-order valence-electron chi connectivity index (χ2n) is 17.9. The number of nitro groups is 1. The zero-order valence-electron chi connectivity index (χ0n) is 46.0. The maximum atomic E-state index is 12.8. The summed E-state index contributed by atoms with van der Waals surface area (Å²) in [6.45, 7) is 1.47. The summed E-state index contributed by atoms with van der Waals surface area (Å²) < 4.78 is 213. The minimum atomic E-state index is -5.47. The van der Waals surface area contributed by atoms with Gasteiger partial charge in [-0.1, -0.05) is 10.1 Å². The first-order valence-electron chi connectivity index (χ1n) is 23.8. The lowest BCUT2D eigenvalue weighted by atomic mass is 10.0. The third kappa shape index (κ3) is 16.3. The molecule has 8 rings (SSSR count). The molecule has 43 nitrogen and oxygen atoms in total. The topological polar surface area (TPSA) is 687 Å². The van der Waals surface area contributed by atoms with E-state index in [1.807, 2.05) is 0 Å². The first-order chi connectivity index (χ1) is 44.0. The van der Waals surface area contributed by atoms with Crippen molar-refractivity contribution in [2.75, 3.05) is 12.8 Å². The molecule has 0 atom stereocenters. The predicted molar refractivity (Wildman–Crippen MR) is 316 cm³/mol. The second kappa shape index (κ2) is 27.9. The number of hydrogen-bond acceptors (Lipinski definition) is 35. The second-order valence-corrected chi connectivity index (χ2v) is 27.7. The smallest absolute Gasteiger partial charge is 0.356 e. The van der Waals surface area contributed by atoms with Crippen molar-refractivity contribution in [3.05, 3.63) is 117 Å². The van der Waals surface area contributed by atoms with E-state index in [1.54, 1.807) is 0 Å². The minimum Gasteiger partial charge on any atom is -0.505 e. The number of aromatic amines is 1. The largest absolute Gasteiger partial charge is 0.505 e. The van der Waals surface area contributed by atoms with Gasteiger partial charge in [0.2, 0.25) is 0 Å². The summed E-state index contributed by atoms with van der Waals surface area (Å²) in [6.07, 6.45) is 0. The van der Waals surface area contributed by atoms with Gasteiger partial charge in [-0.2, -0.15) is 60.7 Å². The van der Waals surface area contributed by atoms with Gasteiger partial charge >= 0.3 is 5.97 Å². The molecule has 8 aromatic rings. The van der Waals surface area contributed by atoms with E-state index in [9.17, 15) is 108 Å². The number of nitrogens with two attached hydrogens (primary N) is 1. The fraction of sp³-hybridized carbons (Fsp3) is 0.0455. The fourth-order valence-corrected chi connectivity index (χ4v) is 13.0. The molecule has 14 N–H and O–H groups in total. The van der Waals surface area contributed by atoms with Crippen molar-refractivity contribution in [3.63, 3.8) is 0 Å². The Morgan fingerprint density at radius 2 is 1.11 bits per heavy atom. The van der Waals surface area contributed by atoms with Gasteiger partial charge in [0.1, 0.15) is 58.6 Å². The summed E-state index contributed by atoms with van der Waals surface area (Å²) in [5, 5.41) is 95.1. The van der Waals surface area contributed by atoms with Gasteiger partial charge in [-0.3, -0.25) is 47.3 Å². The molecule has 95 heavy (non-hydrogen) atoms. The first kappa shape index (κ1) is 73.1. The van der Waals surface area contributed by atoms with Gasteiger partial charge in [-0.15, -0.1) is 39.4 Å². The van der Waals surface area contributed by atoms with Gasteiger partial charge < -0.3 is 21.1 Å². The minimum absolute atomic E-state index is 0.0109. The number of azo groups is 4. The first-order valence-corrected chi connectivity index (χ1v) is 33.9. The molecule has 0 unspecified atom stereocenters. The number of phenols is 2. The van der Waals surface area contributed by atoms with Crippen LogP contribution in [0.1, 0.15) is 16.1 Å². The molecule has 0 amide bonds. The van der Waals surface area contributed by atoms with Crippen LogP contribution in [0.25, 0.3) is 27.2 Å². The lowest BCUT2D eigenvalue weighted by Crippen LogP contribution is -2.14. The number of aromatic nitrogens is 2. The zero-order chi connectivity index (χ0) is 70.8. The third-order valence-electron chi connectivity index (χ3n) is 12.0. The van der Waals surface area contributed by atoms with Crippen molar-refractivity contribution in [1.82, 2.24) is 9.78 Å². The molecule has 0 aliphatic carbocycles. The van der Waals surface area contributed by atoms with Gasteiger partial charge in [0.25, 0.3) is 72.0 Å². The van der Waals surface area contributed by atoms with Crippen molar-refractivity contribution in [3.8, 4) is 17.2 Å². The highest BCUT2D eigenvalue weighted by Crippen LogP contribution is 2.51. The SMILES string of the molecule is CN=Nc1c(S(=O)(=O)O)cc2c(S(=O)(=O)O)c(N=Nc3cc(S(=O)(=O)O)c4cc(SOOO)c(N=Nc5ccc([N+](=O)[O-])cc5S(=O)(=O)O)c(O)c4c3N)ccc2c1O.Cc1cc(N=Nc2c(C(=O)O)[nH]n(-c3ccc(S(=O)(=O)O)cc3)c2=O)c(S(=O)(=O)O)cc1SOOO. The van der Waals surface area contributed by atoms with E-state index in [-0.39, 0.29) is 22.6 Å². The number of carboxylic acids is 1. The van der Waals surface area contributed by atoms with Crippen LogP contribution in [-0.2, 0) is 79.5 Å². The van der Waals surface area contributed by atoms with Crippen LogP contribution in [0.15, 0.2) is 170 Å². The molecule has 0 aliphatic rings. The standard InChI is InChI=1S/C27H20N8O19S5.C17H14N4O12S3/c1-29-33-24-20(58(47,48)49)8-12-11(25(24)36)3-5-15(27(12)59(50,51)52)31-32-16-9-18(56(41,42)43)13-7-17(55-54-53-40)23(26(37)21(13)22(16)28)34-30-14-4-2-10(35(38)39)6-19(14)57(44,45)46;1-8-6-11(13(36(29,30)31)7-12(8)34-33-32-25)18-19-14-15(17(23)24)20-21(16(14)22)9-2-4-10(5-3-9)35(26,27)28/h2-9,36-37,40H,28H2,1H3,(H,41,42,43)(H,44,45,46)(H,47,48,49)(H,50,51,52);2-7,20,25H,1H3,(H,23,24)(H,26,27,28)(H,29,30,31). The van der Waals surface area contributed by atoms with Gasteiger partial charge in [-0.25, -0.2) is 20.0 Å². The number of non-ortho nitro benzene ring substituents is 1. The number of rotatable bonds is 22. The normalized spacial score (nSPS) is 12.8. The van der Waals surface area contributed by atoms with E-state index < -0.39 is 201 Å². The van der Waals surface area contributed by atoms with Crippen LogP contribution in [0, 0.1) is 17.0 Å². The number of nitrogens with zero attached hydrogens (tertiary/aromatic N) is 10. The molecular weight excluding hydrogens is 1450 g/mol. The van der Waals surface area contributed by atoms with E-state index in [0.29, 0.717) is 40.5 Å². The molecule has 1 aromatic heterocycles. The van der Waals surface area contributed by atoms with Crippen LogP contribution >= 0.6 is 24.1 Å². The molecule has 0 bridgehead atoms. The van der Waals surface area contributed by atoms with Crippen LogP contribution in [0.3, 0.4) is 0 Å². The maximum absolute atomic E-state index is 12.8. The van der Waals surface area contributed by atoms with E-state index in [1.165, 1.54) is 6.92 Å². The number of nitrogens with one attached hydrogen (secondary N) is 1. The van der Waals surface area contributed by atoms with Gasteiger partial charge in [0.05, 0.1) is 55.6 Å². The van der Waals surface area contributed by atoms with Gasteiger partial charge in [0, 0.05) is 40.2 Å². The molecule has 0 radical (unpaired) electrons. The third-order valence-corrected chi connectivity index (χ3v) is 18.7. The number of carbonyl (C=O) groups is 1. The summed E-state index contributed by atoms with van der Waals surface area (Å²) in [7, 11) is -29.7. The summed E-state index contributed by atoms with van der Waals surface area (Å²) in [5.74, 6) is -3.82. The number of nitrogen functional groups attached to an aromatic ring is 1. The zero-order valence-corrected chi connectivity index (χ0v) is 52.5. The summed E-state index contributed by atoms with van der Waals surface area (Å²) >= 11 is 0.414. The monoisotopic (exact) mass is 1480 g/mol. The lowest BCUT2D eigenvalue weighted by molar-refractivity contribution is -0.432. The van der Waals surface area contributed by atoms with Crippen molar-refractivity contribution < 1.29 is 132 Å². The molecule has 504 valence electrons. The number of aromatic hydroxyl groups is 2. The van der Waals surface area contributed by atoms with Crippen molar-refractivity contribution in [2.24, 2.45) is 40.9 Å². The molecule has 0 fully saturated rings. The van der Waals surface area contributed by atoms with E-state index in [0.717, 1.165) is 73.8 Å². The molecule has 0 aliphatic heterocycles. The Morgan fingerprint density at radius 1 is 0.568 bits per heavy atom. The van der Waals surface area contributed by atoms with Gasteiger partial charge in [-0.05, 0) is 85.3 Å². The lowest BCUT2D eigenvalue weighted by Gasteiger charge is -2.15. The van der Waals surface area contributed by atoms with Gasteiger partial charge in [0.15, 0.2) is 22.9 Å². The number of aromatic carboxylic acids is 1. The molecule has 0 spiro atoms. The van der Waals surface area contributed by atoms with Crippen LogP contribution in [0.5, 0.6) is 11.5 Å². The van der Waals surface area contributed by atoms with E-state index >= 15 is 0 Å². The van der Waals surface area contributed by atoms with Crippen LogP contribution < -0.4 is 11.3 Å². The highest BCUT2D eigenvalue weighted by Gasteiger charge is 2.31. The Labute approximate surface area is 535 Å². The van der Waals surface area contributed by atoms with Crippen LogP contribution in [0.4, 0.5) is 51.2 Å². The Morgan fingerprint density at radius 3 is 1.64 bits per heavy atom. The highest BCUT2D eigenvalue weighted by atomic mass is 32.2. The number of phenolic OH excluding ortho intramolecular Hbond substituents is 2. The Kier molecular flexibility index (Phi) is 21.5. The average Bonchev–Trinajstić information content (AvgIpc) is 1.37. The maximum Gasteiger partial charge on any atom is 0.356 e. The summed E-state index contributed by atoms with van der Waals surface area (Å²) in [4.78, 5) is 28.4. The molecule has 7 aromatic carbocycles. The summed E-state index contributed by atoms with van der Waals surface area (Å²) in [5.41, 5.74) is -2.04. The molecule has 51 heteroatoms. The number of aryl methyl sites for hydroxylation is 1. The number of hydrogen-bond donors (Lipinski definition) is 13. The van der Waals surface area contributed by atoms with E-state index in [2.05, 4.69) is 64.8 Å². The predicted octanol–water partition coefficient (Wildman–Crippen LogP) is 8.36. The van der Waals surface area contributed by atoms with Crippen LogP contribution in [0.2, 0.25) is 0 Å². The summed E-state index contributed by atoms with van der Waals surface area (Å²) in [6, 6.07) is 11.7. The highest BCUT2D eigenvalue weighted by molar-refractivity contribution is 7.95. The quantitative estimate of drug-likeness (QED) is 0.00576. The number of benzene rings is 7. The number of carboxylic acid groups (broad SMARTS) is 1. The average molecular weight is 1480 g/mol. The van der Waals surface area contributed by atoms with Crippen molar-refractivity contribution in [2.45, 2.75) is 46.1 Å². The van der Waals surface area contributed by atoms with Crippen LogP contribution in [-0.4, -0.2) is 131 Å². The van der Waals surface area contributed by atoms with Crippen molar-refractivity contribution in [1.29, 1.82) is 0 Å². The van der Waals surface area contributed by atoms with Crippen molar-refractivity contribution >= 4 is 163 Å². The number of fused-ring (bicyclic) bond motifs is 2. The molecular formula is C44H34N12O31S8.